The molecule has 2 aliphatic carbocycles. The van der Waals surface area contributed by atoms with Crippen LogP contribution in [-0.4, -0.2) is 5.78 Å². The molecule has 0 aromatic rings. The second-order valence-corrected chi connectivity index (χ2v) is 5.05. The van der Waals surface area contributed by atoms with Crippen LogP contribution >= 0.6 is 0 Å². The molecule has 1 heteroatoms. The van der Waals surface area contributed by atoms with Gasteiger partial charge in [-0.05, 0) is 25.2 Å². The van der Waals surface area contributed by atoms with Gasteiger partial charge in [-0.25, -0.2) is 0 Å². The molecule has 0 N–H and O–H groups in total. The fourth-order valence-electron chi connectivity index (χ4n) is 3.03. The summed E-state index contributed by atoms with van der Waals surface area (Å²) in [5.41, 5.74) is 0.0567. The van der Waals surface area contributed by atoms with Gasteiger partial charge in [0.2, 0.25) is 0 Å². The molecule has 0 aromatic carbocycles. The van der Waals surface area contributed by atoms with Crippen molar-refractivity contribution in [2.75, 3.05) is 0 Å². The highest BCUT2D eigenvalue weighted by atomic mass is 16.1. The molecule has 2 fully saturated rings. The molecule has 11 heavy (non-hydrogen) atoms. The van der Waals surface area contributed by atoms with Gasteiger partial charge in [0.15, 0.2) is 0 Å². The Morgan fingerprint density at radius 3 is 2.27 bits per heavy atom. The van der Waals surface area contributed by atoms with Crippen LogP contribution in [0.1, 0.15) is 40.0 Å². The maximum absolute atomic E-state index is 11.8. The van der Waals surface area contributed by atoms with Crippen molar-refractivity contribution in [3.63, 3.8) is 0 Å². The minimum Gasteiger partial charge on any atom is -0.298 e. The van der Waals surface area contributed by atoms with Gasteiger partial charge in [0, 0.05) is 10.8 Å². The quantitative estimate of drug-likeness (QED) is 0.521. The Bertz CT molecular complexity index is 210. The van der Waals surface area contributed by atoms with E-state index in [9.17, 15) is 4.79 Å². The lowest BCUT2D eigenvalue weighted by molar-refractivity contribution is -0.134. The van der Waals surface area contributed by atoms with E-state index in [-0.39, 0.29) is 10.8 Å². The van der Waals surface area contributed by atoms with Gasteiger partial charge < -0.3 is 0 Å². The molecular formula is C10H16O. The van der Waals surface area contributed by atoms with Crippen molar-refractivity contribution in [3.8, 4) is 0 Å². The number of carbonyl (C=O) groups excluding carboxylic acids is 1. The van der Waals surface area contributed by atoms with E-state index in [1.807, 2.05) is 0 Å². The normalized spacial score (nSPS) is 46.8. The average Bonchev–Trinajstić information content (AvgIpc) is 2.36. The van der Waals surface area contributed by atoms with Gasteiger partial charge in [-0.2, -0.15) is 0 Å². The molecule has 2 bridgehead atoms. The Labute approximate surface area is 68.2 Å². The number of hydrogen-bond acceptors (Lipinski definition) is 1. The zero-order chi connectivity index (χ0) is 8.28. The van der Waals surface area contributed by atoms with Crippen molar-refractivity contribution in [2.24, 2.45) is 16.7 Å². The fourth-order valence-corrected chi connectivity index (χ4v) is 3.03. The van der Waals surface area contributed by atoms with Crippen molar-refractivity contribution in [3.05, 3.63) is 0 Å². The molecule has 2 rings (SSSR count). The summed E-state index contributed by atoms with van der Waals surface area (Å²) in [6.45, 7) is 6.37. The predicted molar refractivity (Wildman–Crippen MR) is 44.2 cm³/mol. The summed E-state index contributed by atoms with van der Waals surface area (Å²) in [5, 5.41) is 0. The van der Waals surface area contributed by atoms with Gasteiger partial charge in [-0.1, -0.05) is 20.8 Å². The van der Waals surface area contributed by atoms with Crippen LogP contribution in [0.15, 0.2) is 0 Å². The molecule has 0 heterocycles. The smallest absolute Gasteiger partial charge is 0.144 e. The van der Waals surface area contributed by atoms with Crippen LogP contribution in [0.3, 0.4) is 0 Å². The van der Waals surface area contributed by atoms with E-state index < -0.39 is 0 Å². The largest absolute Gasteiger partial charge is 0.298 e. The van der Waals surface area contributed by atoms with Gasteiger partial charge in [0.25, 0.3) is 0 Å². The van der Waals surface area contributed by atoms with E-state index >= 15 is 0 Å². The van der Waals surface area contributed by atoms with Crippen LogP contribution in [0.4, 0.5) is 0 Å². The Kier molecular flexibility index (Phi) is 1.13. The molecule has 0 unspecified atom stereocenters. The second-order valence-electron chi connectivity index (χ2n) is 5.05. The molecule has 2 atom stereocenters. The first-order chi connectivity index (χ1) is 4.97. The van der Waals surface area contributed by atoms with Crippen LogP contribution in [-0.2, 0) is 4.79 Å². The Balaban J connectivity index is 2.42. The van der Waals surface area contributed by atoms with E-state index in [1.54, 1.807) is 0 Å². The van der Waals surface area contributed by atoms with Gasteiger partial charge in [-0.15, -0.1) is 0 Å². The Morgan fingerprint density at radius 1 is 1.36 bits per heavy atom. The van der Waals surface area contributed by atoms with Gasteiger partial charge in [-0.3, -0.25) is 4.79 Å². The highest BCUT2D eigenvalue weighted by Gasteiger charge is 2.58. The number of carbonyl (C=O) groups is 1. The Morgan fingerprint density at radius 2 is 2.00 bits per heavy atom. The number of hydrogen-bond donors (Lipinski definition) is 0. The highest BCUT2D eigenvalue weighted by molar-refractivity contribution is 5.92. The minimum absolute atomic E-state index is 0.00694. The van der Waals surface area contributed by atoms with Crippen molar-refractivity contribution >= 4 is 5.78 Å². The molecule has 2 saturated carbocycles. The number of rotatable bonds is 0. The third kappa shape index (κ3) is 0.692. The topological polar surface area (TPSA) is 17.1 Å². The third-order valence-corrected chi connectivity index (χ3v) is 3.90. The van der Waals surface area contributed by atoms with E-state index in [4.69, 9.17) is 0 Å². The second kappa shape index (κ2) is 1.70. The lowest BCUT2D eigenvalue weighted by Gasteiger charge is -2.31. The summed E-state index contributed by atoms with van der Waals surface area (Å²) < 4.78 is 0. The number of fused-ring (bicyclic) bond motifs is 2. The SMILES string of the molecule is CC1(C)C(=O)[C@]2(C)CC[C@@H]1C2. The summed E-state index contributed by atoms with van der Waals surface area (Å²) in [5.74, 6) is 1.20. The number of ketones is 1. The van der Waals surface area contributed by atoms with Crippen LogP contribution in [0.2, 0.25) is 0 Å². The fraction of sp³-hybridized carbons (Fsp3) is 0.900. The molecule has 0 radical (unpaired) electrons. The number of Topliss-reactive ketones (excluding diaryl/α,β-unsaturated/α-hetero) is 1. The van der Waals surface area contributed by atoms with Crippen molar-refractivity contribution in [1.82, 2.24) is 0 Å². The molecular weight excluding hydrogens is 136 g/mol. The molecule has 0 amide bonds. The molecule has 1 nitrogen and oxygen atoms in total. The minimum atomic E-state index is -0.00694. The first kappa shape index (κ1) is 7.33. The summed E-state index contributed by atoms with van der Waals surface area (Å²) in [7, 11) is 0. The zero-order valence-electron chi connectivity index (χ0n) is 7.61. The van der Waals surface area contributed by atoms with E-state index in [0.717, 1.165) is 12.8 Å². The van der Waals surface area contributed by atoms with E-state index in [0.29, 0.717) is 11.7 Å². The molecule has 0 aromatic heterocycles. The van der Waals surface area contributed by atoms with Gasteiger partial charge >= 0.3 is 0 Å². The van der Waals surface area contributed by atoms with Crippen molar-refractivity contribution in [2.45, 2.75) is 40.0 Å². The predicted octanol–water partition coefficient (Wildman–Crippen LogP) is 2.40. The first-order valence-electron chi connectivity index (χ1n) is 4.52. The van der Waals surface area contributed by atoms with Gasteiger partial charge in [0.1, 0.15) is 5.78 Å². The molecule has 62 valence electrons. The first-order valence-corrected chi connectivity index (χ1v) is 4.52. The molecule has 0 spiro atoms. The summed E-state index contributed by atoms with van der Waals surface area (Å²) >= 11 is 0. The molecule has 2 aliphatic rings. The standard InChI is InChI=1S/C10H16O/c1-9(2)7-4-5-10(3,6-7)8(9)11/h7H,4-6H2,1-3H3/t7-,10-/m1/s1. The van der Waals surface area contributed by atoms with E-state index in [1.165, 1.54) is 6.42 Å². The lowest BCUT2D eigenvalue weighted by Crippen LogP contribution is -2.35. The molecule has 0 aliphatic heterocycles. The summed E-state index contributed by atoms with van der Waals surface area (Å²) in [6.07, 6.45) is 3.56. The third-order valence-electron chi connectivity index (χ3n) is 3.90. The maximum Gasteiger partial charge on any atom is 0.144 e. The van der Waals surface area contributed by atoms with Crippen LogP contribution in [0, 0.1) is 16.7 Å². The van der Waals surface area contributed by atoms with Crippen LogP contribution in [0.5, 0.6) is 0 Å². The van der Waals surface area contributed by atoms with Crippen molar-refractivity contribution < 1.29 is 4.79 Å². The highest BCUT2D eigenvalue weighted by Crippen LogP contribution is 2.59. The summed E-state index contributed by atoms with van der Waals surface area (Å²) in [6, 6.07) is 0. The lowest BCUT2D eigenvalue weighted by atomic mass is 9.72. The van der Waals surface area contributed by atoms with Crippen LogP contribution in [0.25, 0.3) is 0 Å². The Hall–Kier alpha value is -0.330. The average molecular weight is 152 g/mol. The van der Waals surface area contributed by atoms with Crippen molar-refractivity contribution in [1.29, 1.82) is 0 Å². The van der Waals surface area contributed by atoms with Gasteiger partial charge in [0.05, 0.1) is 0 Å². The zero-order valence-corrected chi connectivity index (χ0v) is 7.61. The van der Waals surface area contributed by atoms with Crippen LogP contribution < -0.4 is 0 Å². The molecule has 0 saturated heterocycles. The monoisotopic (exact) mass is 152 g/mol. The summed E-state index contributed by atoms with van der Waals surface area (Å²) in [4.78, 5) is 11.8. The van der Waals surface area contributed by atoms with E-state index in [2.05, 4.69) is 20.8 Å². The maximum atomic E-state index is 11.8.